The molecule has 0 N–H and O–H groups in total. The van der Waals surface area contributed by atoms with E-state index >= 15 is 0 Å². The molecule has 0 saturated heterocycles. The summed E-state index contributed by atoms with van der Waals surface area (Å²) >= 11 is 11.9. The van der Waals surface area contributed by atoms with Crippen LogP contribution in [0.15, 0.2) is 24.4 Å². The molecule has 0 aliphatic heterocycles. The third-order valence-corrected chi connectivity index (χ3v) is 4.37. The van der Waals surface area contributed by atoms with Crippen molar-refractivity contribution in [1.29, 1.82) is 0 Å². The first-order valence-electron chi connectivity index (χ1n) is 7.19. The molecule has 1 aromatic carbocycles. The second-order valence-electron chi connectivity index (χ2n) is 4.94. The smallest absolute Gasteiger partial charge is 0.153 e. The van der Waals surface area contributed by atoms with Gasteiger partial charge in [-0.05, 0) is 36.5 Å². The second kappa shape index (κ2) is 7.30. The maximum atomic E-state index is 6.04. The van der Waals surface area contributed by atoms with Gasteiger partial charge >= 0.3 is 0 Å². The van der Waals surface area contributed by atoms with E-state index in [9.17, 15) is 0 Å². The van der Waals surface area contributed by atoms with Gasteiger partial charge in [-0.15, -0.1) is 0 Å². The zero-order valence-electron chi connectivity index (χ0n) is 12.6. The van der Waals surface area contributed by atoms with Crippen LogP contribution in [0.1, 0.15) is 49.4 Å². The van der Waals surface area contributed by atoms with Crippen LogP contribution in [0.25, 0.3) is 0 Å². The Morgan fingerprint density at radius 2 is 1.86 bits per heavy atom. The van der Waals surface area contributed by atoms with Crippen molar-refractivity contribution >= 4 is 23.4 Å². The summed E-state index contributed by atoms with van der Waals surface area (Å²) < 4.78 is 7.30. The lowest BCUT2D eigenvalue weighted by Gasteiger charge is -2.17. The van der Waals surface area contributed by atoms with E-state index in [4.69, 9.17) is 28.1 Å². The fourth-order valence-electron chi connectivity index (χ4n) is 2.41. The van der Waals surface area contributed by atoms with E-state index in [2.05, 4.69) is 37.0 Å². The van der Waals surface area contributed by atoms with Crippen molar-refractivity contribution < 1.29 is 4.74 Å². The number of ether oxygens (including phenoxy) is 1. The molecule has 0 bridgehead atoms. The Labute approximate surface area is 136 Å². The quantitative estimate of drug-likeness (QED) is 0.751. The molecule has 0 spiro atoms. The predicted molar refractivity (Wildman–Crippen MR) is 86.9 cm³/mol. The molecule has 3 nitrogen and oxygen atoms in total. The second-order valence-corrected chi connectivity index (χ2v) is 5.66. The molecule has 0 saturated carbocycles. The van der Waals surface area contributed by atoms with Gasteiger partial charge in [0.2, 0.25) is 0 Å². The number of nitrogens with zero attached hydrogens (tertiary/aromatic N) is 2. The van der Waals surface area contributed by atoms with Gasteiger partial charge in [-0.25, -0.2) is 9.07 Å². The Hall–Kier alpha value is -1.03. The van der Waals surface area contributed by atoms with E-state index in [1.807, 2.05) is 6.92 Å². The molecule has 1 atom stereocenters. The molecule has 2 rings (SSSR count). The molecule has 0 fully saturated rings. The van der Waals surface area contributed by atoms with Gasteiger partial charge in [0.05, 0.1) is 12.8 Å². The van der Waals surface area contributed by atoms with Crippen LogP contribution in [0.5, 0.6) is 0 Å². The minimum absolute atomic E-state index is 0.218. The normalized spacial score (nSPS) is 12.6. The zero-order chi connectivity index (χ0) is 15.4. The molecule has 21 heavy (non-hydrogen) atoms. The fourth-order valence-corrected chi connectivity index (χ4v) is 2.77. The molecule has 0 aliphatic carbocycles. The summed E-state index contributed by atoms with van der Waals surface area (Å²) in [4.78, 5) is 4.19. The Morgan fingerprint density at radius 1 is 1.24 bits per heavy atom. The maximum Gasteiger partial charge on any atom is 0.153 e. The fraction of sp³-hybridized carbons (Fsp3) is 0.438. The first-order valence-corrected chi connectivity index (χ1v) is 7.90. The summed E-state index contributed by atoms with van der Waals surface area (Å²) in [6.45, 7) is 6.80. The third-order valence-electron chi connectivity index (χ3n) is 3.67. The highest BCUT2D eigenvalue weighted by atomic mass is 35.5. The van der Waals surface area contributed by atoms with Crippen LogP contribution in [-0.2, 0) is 24.2 Å². The molecule has 114 valence electrons. The molecular formula is C16H20Cl2N2O. The number of benzene rings is 1. The van der Waals surface area contributed by atoms with Crippen LogP contribution in [0.3, 0.4) is 0 Å². The van der Waals surface area contributed by atoms with Crippen molar-refractivity contribution in [3.05, 3.63) is 52.1 Å². The summed E-state index contributed by atoms with van der Waals surface area (Å²) in [6.07, 6.45) is 3.30. The van der Waals surface area contributed by atoms with Gasteiger partial charge in [0.15, 0.2) is 5.82 Å². The average Bonchev–Trinajstić information content (AvgIpc) is 2.84. The van der Waals surface area contributed by atoms with E-state index in [1.165, 1.54) is 27.0 Å². The summed E-state index contributed by atoms with van der Waals surface area (Å²) in [5.41, 5.74) is 3.93. The zero-order valence-corrected chi connectivity index (χ0v) is 14.1. The largest absolute Gasteiger partial charge is 0.366 e. The number of rotatable bonds is 6. The number of aryl methyl sites for hydroxylation is 2. The topological polar surface area (TPSA) is 27.1 Å². The molecule has 1 aromatic heterocycles. The number of imidazole rings is 1. The van der Waals surface area contributed by atoms with Gasteiger partial charge < -0.3 is 4.74 Å². The van der Waals surface area contributed by atoms with Crippen LogP contribution in [0.4, 0.5) is 0 Å². The van der Waals surface area contributed by atoms with Crippen molar-refractivity contribution in [3.8, 4) is 0 Å². The van der Waals surface area contributed by atoms with Crippen LogP contribution in [-0.4, -0.2) is 9.07 Å². The first-order chi connectivity index (χ1) is 10.1. The minimum Gasteiger partial charge on any atom is -0.366 e. The van der Waals surface area contributed by atoms with Crippen molar-refractivity contribution in [2.45, 2.75) is 46.3 Å². The summed E-state index contributed by atoms with van der Waals surface area (Å²) in [7, 11) is 0. The van der Waals surface area contributed by atoms with E-state index < -0.39 is 0 Å². The molecule has 0 amide bonds. The highest BCUT2D eigenvalue weighted by Crippen LogP contribution is 2.24. The molecule has 5 heteroatoms. The van der Waals surface area contributed by atoms with Gasteiger partial charge in [0.1, 0.15) is 11.3 Å². The Morgan fingerprint density at radius 3 is 2.33 bits per heavy atom. The summed E-state index contributed by atoms with van der Waals surface area (Å²) in [6, 6.07) is 6.42. The standard InChI is InChI=1S/C16H20Cl2N2O/c1-4-12-7-6-8-13(5-2)14(12)10-21-11(3)16-19-9-15(17)20(16)18/h6-9,11H,4-5,10H2,1-3H3. The third kappa shape index (κ3) is 3.60. The molecule has 1 heterocycles. The average molecular weight is 327 g/mol. The predicted octanol–water partition coefficient (Wildman–Crippen LogP) is 4.94. The van der Waals surface area contributed by atoms with Gasteiger partial charge in [-0.3, -0.25) is 0 Å². The van der Waals surface area contributed by atoms with Crippen LogP contribution in [0.2, 0.25) is 5.15 Å². The number of hydrogen-bond acceptors (Lipinski definition) is 2. The van der Waals surface area contributed by atoms with Crippen molar-refractivity contribution in [3.63, 3.8) is 0 Å². The number of aromatic nitrogens is 2. The van der Waals surface area contributed by atoms with E-state index in [0.717, 1.165) is 12.8 Å². The number of hydrogen-bond donors (Lipinski definition) is 0. The van der Waals surface area contributed by atoms with E-state index in [-0.39, 0.29) is 6.10 Å². The monoisotopic (exact) mass is 326 g/mol. The van der Waals surface area contributed by atoms with Crippen molar-refractivity contribution in [1.82, 2.24) is 9.07 Å². The molecule has 0 aliphatic rings. The Balaban J connectivity index is 2.14. The molecule has 2 aromatic rings. The SMILES string of the molecule is CCc1cccc(CC)c1COC(C)c1ncc(Cl)n1Cl. The molecule has 0 radical (unpaired) electrons. The lowest BCUT2D eigenvalue weighted by Crippen LogP contribution is -2.08. The van der Waals surface area contributed by atoms with Crippen molar-refractivity contribution in [2.75, 3.05) is 0 Å². The first kappa shape index (κ1) is 16.3. The van der Waals surface area contributed by atoms with E-state index in [0.29, 0.717) is 17.6 Å². The van der Waals surface area contributed by atoms with Gasteiger partial charge in [0.25, 0.3) is 0 Å². The van der Waals surface area contributed by atoms with Gasteiger partial charge in [-0.1, -0.05) is 43.6 Å². The van der Waals surface area contributed by atoms with Crippen LogP contribution >= 0.6 is 23.4 Å². The van der Waals surface area contributed by atoms with E-state index in [1.54, 1.807) is 0 Å². The van der Waals surface area contributed by atoms with Gasteiger partial charge in [0, 0.05) is 11.8 Å². The van der Waals surface area contributed by atoms with Crippen LogP contribution in [0, 0.1) is 0 Å². The molecular weight excluding hydrogens is 307 g/mol. The van der Waals surface area contributed by atoms with Crippen LogP contribution < -0.4 is 0 Å². The highest BCUT2D eigenvalue weighted by molar-refractivity contribution is 6.33. The maximum absolute atomic E-state index is 6.04. The Bertz CT molecular complexity index is 588. The lowest BCUT2D eigenvalue weighted by molar-refractivity contribution is 0.0457. The summed E-state index contributed by atoms with van der Waals surface area (Å²) in [5.74, 6) is 0.619. The minimum atomic E-state index is -0.218. The molecule has 1 unspecified atom stereocenters. The Kier molecular flexibility index (Phi) is 5.68. The summed E-state index contributed by atoms with van der Waals surface area (Å²) in [5, 5.41) is 0.394. The number of halogens is 2. The highest BCUT2D eigenvalue weighted by Gasteiger charge is 2.16. The van der Waals surface area contributed by atoms with Crippen molar-refractivity contribution in [2.24, 2.45) is 0 Å². The lowest BCUT2D eigenvalue weighted by atomic mass is 9.98. The van der Waals surface area contributed by atoms with Gasteiger partial charge in [-0.2, -0.15) is 0 Å².